The van der Waals surface area contributed by atoms with E-state index in [9.17, 15) is 15.4 Å². The van der Waals surface area contributed by atoms with Crippen molar-refractivity contribution in [3.05, 3.63) is 69.3 Å². The van der Waals surface area contributed by atoms with Crippen LogP contribution >= 0.6 is 11.8 Å². The Bertz CT molecular complexity index is 1040. The number of ether oxygens (including phenoxy) is 3. The Kier molecular flexibility index (Phi) is 8.13. The maximum Gasteiger partial charge on any atom is 0.276 e. The summed E-state index contributed by atoms with van der Waals surface area (Å²) in [5.74, 6) is 0.373. The number of nitro benzene ring substituents is 1. The number of nitro groups is 1. The van der Waals surface area contributed by atoms with E-state index in [-0.39, 0.29) is 11.8 Å². The molecular formula is C25H26N2O5S. The highest BCUT2D eigenvalue weighted by atomic mass is 32.2. The van der Waals surface area contributed by atoms with E-state index in [1.165, 1.54) is 17.8 Å². The van der Waals surface area contributed by atoms with Gasteiger partial charge in [0.2, 0.25) is 0 Å². The summed E-state index contributed by atoms with van der Waals surface area (Å²) in [7, 11) is 0. The van der Waals surface area contributed by atoms with Crippen LogP contribution in [0.15, 0.2) is 57.8 Å². The van der Waals surface area contributed by atoms with Crippen molar-refractivity contribution in [2.75, 3.05) is 33.0 Å². The molecule has 2 fully saturated rings. The number of hydrogen-bond donors (Lipinski definition) is 0. The summed E-state index contributed by atoms with van der Waals surface area (Å²) in [5.41, 5.74) is 2.09. The van der Waals surface area contributed by atoms with Crippen molar-refractivity contribution in [3.8, 4) is 6.07 Å². The first-order valence-corrected chi connectivity index (χ1v) is 11.9. The second-order valence-electron chi connectivity index (χ2n) is 8.12. The lowest BCUT2D eigenvalue weighted by molar-refractivity contribution is -0.385. The molecular weight excluding hydrogens is 440 g/mol. The molecule has 0 radical (unpaired) electrons. The van der Waals surface area contributed by atoms with Gasteiger partial charge in [0.25, 0.3) is 5.69 Å². The minimum atomic E-state index is -0.398. The molecule has 0 spiro atoms. The van der Waals surface area contributed by atoms with Crippen molar-refractivity contribution in [1.29, 1.82) is 5.26 Å². The van der Waals surface area contributed by atoms with Gasteiger partial charge in [0.05, 0.1) is 36.4 Å². The van der Waals surface area contributed by atoms with Gasteiger partial charge in [-0.05, 0) is 61.1 Å². The van der Waals surface area contributed by atoms with Crippen molar-refractivity contribution >= 4 is 23.5 Å². The molecule has 33 heavy (non-hydrogen) atoms. The maximum atomic E-state index is 11.6. The molecule has 0 bridgehead atoms. The Morgan fingerprint density at radius 1 is 1.09 bits per heavy atom. The zero-order chi connectivity index (χ0) is 23.0. The molecule has 2 aliphatic heterocycles. The molecule has 2 aromatic rings. The Morgan fingerprint density at radius 3 is 2.52 bits per heavy atom. The van der Waals surface area contributed by atoms with Crippen molar-refractivity contribution in [2.24, 2.45) is 5.92 Å². The van der Waals surface area contributed by atoms with Crippen LogP contribution < -0.4 is 0 Å². The number of allylic oxidation sites excluding steroid dienone is 1. The van der Waals surface area contributed by atoms with Gasteiger partial charge in [-0.15, -0.1) is 0 Å². The number of rotatable bonds is 7. The highest BCUT2D eigenvalue weighted by Gasteiger charge is 2.19. The smallest absolute Gasteiger partial charge is 0.276 e. The second-order valence-corrected chi connectivity index (χ2v) is 9.27. The molecule has 0 saturated carbocycles. The topological polar surface area (TPSA) is 94.6 Å². The average Bonchev–Trinajstić information content (AvgIpc) is 2.85. The van der Waals surface area contributed by atoms with Gasteiger partial charge in [0, 0.05) is 34.6 Å². The lowest BCUT2D eigenvalue weighted by Gasteiger charge is -2.23. The molecule has 8 heteroatoms. The molecule has 4 rings (SSSR count). The van der Waals surface area contributed by atoms with E-state index in [2.05, 4.69) is 6.07 Å². The van der Waals surface area contributed by atoms with Gasteiger partial charge in [-0.3, -0.25) is 10.1 Å². The summed E-state index contributed by atoms with van der Waals surface area (Å²) in [6.07, 6.45) is 4.05. The first-order chi connectivity index (χ1) is 16.1. The van der Waals surface area contributed by atoms with Gasteiger partial charge >= 0.3 is 0 Å². The fraction of sp³-hybridized carbons (Fsp3) is 0.400. The van der Waals surface area contributed by atoms with E-state index in [4.69, 9.17) is 14.2 Å². The third kappa shape index (κ3) is 6.42. The van der Waals surface area contributed by atoms with Crippen LogP contribution in [0.3, 0.4) is 0 Å². The van der Waals surface area contributed by atoms with Crippen LogP contribution in [-0.4, -0.2) is 38.0 Å². The highest BCUT2D eigenvalue weighted by molar-refractivity contribution is 7.99. The van der Waals surface area contributed by atoms with E-state index in [1.807, 2.05) is 24.3 Å². The van der Waals surface area contributed by atoms with Crippen LogP contribution in [-0.2, 0) is 14.2 Å². The first-order valence-electron chi connectivity index (χ1n) is 11.1. The summed E-state index contributed by atoms with van der Waals surface area (Å²) < 4.78 is 16.6. The van der Waals surface area contributed by atoms with E-state index >= 15 is 0 Å². The summed E-state index contributed by atoms with van der Waals surface area (Å²) in [5, 5.41) is 21.2. The monoisotopic (exact) mass is 466 g/mol. The van der Waals surface area contributed by atoms with Gasteiger partial charge in [-0.2, -0.15) is 5.26 Å². The number of hydrogen-bond acceptors (Lipinski definition) is 7. The summed E-state index contributed by atoms with van der Waals surface area (Å²) in [6.45, 7) is 3.19. The van der Waals surface area contributed by atoms with Crippen LogP contribution in [0.25, 0.3) is 6.08 Å². The number of nitriles is 1. The summed E-state index contributed by atoms with van der Waals surface area (Å²) >= 11 is 1.52. The van der Waals surface area contributed by atoms with Crippen molar-refractivity contribution in [2.45, 2.75) is 35.2 Å². The molecule has 172 valence electrons. The lowest BCUT2D eigenvalue weighted by Crippen LogP contribution is -2.21. The van der Waals surface area contributed by atoms with Crippen LogP contribution in [0.2, 0.25) is 0 Å². The SMILES string of the molecule is N#CC(=Cc1cc(Sc2ccc(C3COCCO3)cc2)ccc1[N+](=O)[O-])CC1CCOCC1. The minimum absolute atomic E-state index is 0.00359. The number of nitrogens with zero attached hydrogens (tertiary/aromatic N) is 2. The standard InChI is InChI=1S/C25H26N2O5S/c26-16-19(13-18-7-9-30-10-8-18)14-21-15-23(5-6-24(21)27(28)29)33-22-3-1-20(2-4-22)25-17-31-11-12-32-25/h1-6,14-15,18,25H,7-13,17H2. The van der Waals surface area contributed by atoms with Crippen LogP contribution in [0.5, 0.6) is 0 Å². The Labute approximate surface area is 197 Å². The summed E-state index contributed by atoms with van der Waals surface area (Å²) in [4.78, 5) is 13.1. The normalized spacial score (nSPS) is 19.7. The maximum absolute atomic E-state index is 11.6. The molecule has 2 heterocycles. The highest BCUT2D eigenvalue weighted by Crippen LogP contribution is 2.34. The van der Waals surface area contributed by atoms with Crippen LogP contribution in [0.1, 0.15) is 36.5 Å². The molecule has 2 saturated heterocycles. The Balaban J connectivity index is 1.51. The molecule has 1 atom stereocenters. The van der Waals surface area contributed by atoms with Gasteiger partial charge in [0.1, 0.15) is 6.10 Å². The predicted octanol–water partition coefficient (Wildman–Crippen LogP) is 5.56. The molecule has 2 aromatic carbocycles. The number of benzene rings is 2. The largest absolute Gasteiger partial charge is 0.381 e. The van der Waals surface area contributed by atoms with E-state index in [1.54, 1.807) is 18.2 Å². The zero-order valence-corrected chi connectivity index (χ0v) is 19.1. The van der Waals surface area contributed by atoms with Gasteiger partial charge in [-0.1, -0.05) is 23.9 Å². The molecule has 0 N–H and O–H groups in total. The van der Waals surface area contributed by atoms with E-state index in [0.29, 0.717) is 56.5 Å². The lowest BCUT2D eigenvalue weighted by atomic mass is 9.92. The van der Waals surface area contributed by atoms with E-state index < -0.39 is 4.92 Å². The van der Waals surface area contributed by atoms with Gasteiger partial charge in [0.15, 0.2) is 0 Å². The third-order valence-corrected chi connectivity index (χ3v) is 6.82. The third-order valence-electron chi connectivity index (χ3n) is 5.82. The van der Waals surface area contributed by atoms with E-state index in [0.717, 1.165) is 28.2 Å². The molecule has 1 unspecified atom stereocenters. The van der Waals surface area contributed by atoms with Gasteiger partial charge in [-0.25, -0.2) is 0 Å². The van der Waals surface area contributed by atoms with Crippen LogP contribution in [0.4, 0.5) is 5.69 Å². The molecule has 0 amide bonds. The quantitative estimate of drug-likeness (QED) is 0.300. The van der Waals surface area contributed by atoms with Crippen molar-refractivity contribution < 1.29 is 19.1 Å². The first kappa shape index (κ1) is 23.5. The Morgan fingerprint density at radius 2 is 1.85 bits per heavy atom. The average molecular weight is 467 g/mol. The van der Waals surface area contributed by atoms with Crippen molar-refractivity contribution in [1.82, 2.24) is 0 Å². The molecule has 2 aliphatic rings. The molecule has 0 aliphatic carbocycles. The summed E-state index contributed by atoms with van der Waals surface area (Å²) in [6, 6.07) is 15.4. The fourth-order valence-corrected chi connectivity index (χ4v) is 4.90. The molecule has 0 aromatic heterocycles. The second kappa shape index (κ2) is 11.4. The Hall–Kier alpha value is -2.70. The minimum Gasteiger partial charge on any atom is -0.381 e. The zero-order valence-electron chi connectivity index (χ0n) is 18.3. The molecule has 7 nitrogen and oxygen atoms in total. The van der Waals surface area contributed by atoms with Crippen molar-refractivity contribution in [3.63, 3.8) is 0 Å². The fourth-order valence-electron chi connectivity index (χ4n) is 4.03. The van der Waals surface area contributed by atoms with Crippen LogP contribution in [0, 0.1) is 27.4 Å². The predicted molar refractivity (Wildman–Crippen MR) is 125 cm³/mol. The van der Waals surface area contributed by atoms with Gasteiger partial charge < -0.3 is 14.2 Å².